The van der Waals surface area contributed by atoms with Crippen LogP contribution in [0.15, 0.2) is 72.8 Å². The minimum Gasteiger partial charge on any atom is -0.316 e. The Morgan fingerprint density at radius 2 is 0.964 bits per heavy atom. The van der Waals surface area contributed by atoms with Gasteiger partial charge < -0.3 is 10.6 Å². The Balaban J connectivity index is 0.000000122. The summed E-state index contributed by atoms with van der Waals surface area (Å²) in [6.07, 6.45) is 7.48. The maximum atomic E-state index is 3.45. The summed E-state index contributed by atoms with van der Waals surface area (Å²) in [6.45, 7) is 4.77. The van der Waals surface area contributed by atoms with Crippen LogP contribution in [0.4, 0.5) is 0 Å². The molecule has 0 radical (unpaired) electrons. The summed E-state index contributed by atoms with van der Waals surface area (Å²) >= 11 is 0. The third-order valence-electron chi connectivity index (χ3n) is 6.87. The second-order valence-electron chi connectivity index (χ2n) is 8.69. The highest BCUT2D eigenvalue weighted by molar-refractivity contribution is 5.69. The van der Waals surface area contributed by atoms with Crippen LogP contribution in [-0.4, -0.2) is 26.2 Å². The van der Waals surface area contributed by atoms with E-state index in [2.05, 4.69) is 83.4 Å². The minimum atomic E-state index is 0.796. The lowest BCUT2D eigenvalue weighted by Crippen LogP contribution is -2.09. The number of nitrogens with one attached hydrogen (secondary N) is 2. The molecule has 0 bridgehead atoms. The first-order chi connectivity index (χ1) is 13.9. The summed E-state index contributed by atoms with van der Waals surface area (Å²) in [4.78, 5) is 0. The summed E-state index contributed by atoms with van der Waals surface area (Å²) in [6, 6.07) is 21.6. The standard InChI is InChI=1S/2C13H15N/c2*1-2-4-10(5-3-1)11-6-12-8-14-9-13(12)7-11/h2*1-6,12-14H,7-9H2/t2*12-,13+/m10/s1. The summed E-state index contributed by atoms with van der Waals surface area (Å²) in [5, 5.41) is 6.90. The second kappa shape index (κ2) is 8.06. The van der Waals surface area contributed by atoms with Gasteiger partial charge in [-0.1, -0.05) is 72.8 Å². The fraction of sp³-hybridized carbons (Fsp3) is 0.385. The molecule has 2 nitrogen and oxygen atoms in total. The predicted molar refractivity (Wildman–Crippen MR) is 118 cm³/mol. The number of allylic oxidation sites excluding steroid dienone is 2. The van der Waals surface area contributed by atoms with Gasteiger partial charge >= 0.3 is 0 Å². The molecule has 2 saturated heterocycles. The van der Waals surface area contributed by atoms with E-state index in [1.54, 1.807) is 11.1 Å². The van der Waals surface area contributed by atoms with Crippen LogP contribution in [0.2, 0.25) is 0 Å². The molecule has 0 unspecified atom stereocenters. The van der Waals surface area contributed by atoms with Gasteiger partial charge in [-0.15, -0.1) is 0 Å². The van der Waals surface area contributed by atoms with E-state index in [1.165, 1.54) is 50.1 Å². The molecule has 2 aliphatic carbocycles. The molecular weight excluding hydrogens is 340 g/mol. The lowest BCUT2D eigenvalue weighted by Gasteiger charge is -2.06. The molecular formula is C26H30N2. The maximum Gasteiger partial charge on any atom is 0.00178 e. The maximum absolute atomic E-state index is 3.45. The zero-order valence-corrected chi connectivity index (χ0v) is 16.5. The van der Waals surface area contributed by atoms with Crippen molar-refractivity contribution in [1.29, 1.82) is 0 Å². The van der Waals surface area contributed by atoms with E-state index in [0.717, 1.165) is 23.7 Å². The Kier molecular flexibility index (Phi) is 5.16. The number of benzene rings is 2. The molecule has 2 aromatic rings. The minimum absolute atomic E-state index is 0.796. The first kappa shape index (κ1) is 17.9. The van der Waals surface area contributed by atoms with Crippen molar-refractivity contribution in [3.8, 4) is 0 Å². The summed E-state index contributed by atoms with van der Waals surface area (Å²) < 4.78 is 0. The van der Waals surface area contributed by atoms with Gasteiger partial charge in [0.25, 0.3) is 0 Å². The van der Waals surface area contributed by atoms with Gasteiger partial charge in [0, 0.05) is 13.1 Å². The van der Waals surface area contributed by atoms with Crippen LogP contribution in [0.1, 0.15) is 24.0 Å². The normalized spacial score (nSPS) is 30.1. The van der Waals surface area contributed by atoms with Gasteiger partial charge in [-0.2, -0.15) is 0 Å². The van der Waals surface area contributed by atoms with E-state index >= 15 is 0 Å². The van der Waals surface area contributed by atoms with Crippen LogP contribution in [0.3, 0.4) is 0 Å². The summed E-state index contributed by atoms with van der Waals surface area (Å²) in [7, 11) is 0. The molecule has 2 fully saturated rings. The largest absolute Gasteiger partial charge is 0.316 e. The number of hydrogen-bond donors (Lipinski definition) is 2. The Morgan fingerprint density at radius 3 is 1.36 bits per heavy atom. The molecule has 0 amide bonds. The second-order valence-corrected chi connectivity index (χ2v) is 8.69. The van der Waals surface area contributed by atoms with Crippen LogP contribution in [-0.2, 0) is 0 Å². The highest BCUT2D eigenvalue weighted by atomic mass is 14.9. The number of rotatable bonds is 2. The molecule has 28 heavy (non-hydrogen) atoms. The molecule has 6 rings (SSSR count). The van der Waals surface area contributed by atoms with Crippen LogP contribution >= 0.6 is 0 Å². The molecule has 2 aromatic carbocycles. The van der Waals surface area contributed by atoms with E-state index < -0.39 is 0 Å². The average Bonchev–Trinajstić information content (AvgIpc) is 3.50. The Hall–Kier alpha value is -2.16. The SMILES string of the molecule is C1=C(c2ccccc2)C[C@@H]2CNC[C@H]12.C1=C(c2ccccc2)C[C@H]2CNC[C@@H]12. The zero-order chi connectivity index (χ0) is 18.8. The molecule has 2 heteroatoms. The smallest absolute Gasteiger partial charge is 0.00178 e. The van der Waals surface area contributed by atoms with E-state index in [1.807, 2.05) is 0 Å². The van der Waals surface area contributed by atoms with Gasteiger partial charge in [0.15, 0.2) is 0 Å². The van der Waals surface area contributed by atoms with Gasteiger partial charge in [-0.25, -0.2) is 0 Å². The first-order valence-electron chi connectivity index (χ1n) is 10.8. The van der Waals surface area contributed by atoms with E-state index in [9.17, 15) is 0 Å². The topological polar surface area (TPSA) is 24.1 Å². The van der Waals surface area contributed by atoms with Crippen molar-refractivity contribution in [2.45, 2.75) is 12.8 Å². The Bertz CT molecular complexity index is 779. The van der Waals surface area contributed by atoms with Crippen molar-refractivity contribution in [1.82, 2.24) is 10.6 Å². The third-order valence-corrected chi connectivity index (χ3v) is 6.87. The van der Waals surface area contributed by atoms with Gasteiger partial charge in [0.05, 0.1) is 0 Å². The van der Waals surface area contributed by atoms with Crippen LogP contribution < -0.4 is 10.6 Å². The molecule has 4 atom stereocenters. The van der Waals surface area contributed by atoms with Crippen molar-refractivity contribution in [3.63, 3.8) is 0 Å². The molecule has 0 aromatic heterocycles. The molecule has 0 spiro atoms. The van der Waals surface area contributed by atoms with Crippen molar-refractivity contribution in [3.05, 3.63) is 83.9 Å². The molecule has 2 aliphatic heterocycles. The van der Waals surface area contributed by atoms with Crippen molar-refractivity contribution >= 4 is 11.1 Å². The van der Waals surface area contributed by atoms with Gasteiger partial charge in [0.1, 0.15) is 0 Å². The average molecular weight is 371 g/mol. The van der Waals surface area contributed by atoms with Crippen molar-refractivity contribution < 1.29 is 0 Å². The number of hydrogen-bond acceptors (Lipinski definition) is 2. The third kappa shape index (κ3) is 3.72. The lowest BCUT2D eigenvalue weighted by atomic mass is 9.98. The zero-order valence-electron chi connectivity index (χ0n) is 16.5. The molecule has 144 valence electrons. The highest BCUT2D eigenvalue weighted by Crippen LogP contribution is 2.38. The lowest BCUT2D eigenvalue weighted by molar-refractivity contribution is 0.536. The number of fused-ring (bicyclic) bond motifs is 2. The molecule has 4 aliphatic rings. The highest BCUT2D eigenvalue weighted by Gasteiger charge is 2.32. The van der Waals surface area contributed by atoms with Crippen molar-refractivity contribution in [2.24, 2.45) is 23.7 Å². The Morgan fingerprint density at radius 1 is 0.536 bits per heavy atom. The van der Waals surface area contributed by atoms with Crippen LogP contribution in [0, 0.1) is 23.7 Å². The van der Waals surface area contributed by atoms with Crippen LogP contribution in [0.25, 0.3) is 11.1 Å². The molecule has 0 saturated carbocycles. The van der Waals surface area contributed by atoms with Crippen molar-refractivity contribution in [2.75, 3.05) is 26.2 Å². The molecule has 2 heterocycles. The van der Waals surface area contributed by atoms with Gasteiger partial charge in [-0.05, 0) is 71.9 Å². The fourth-order valence-electron chi connectivity index (χ4n) is 5.29. The van der Waals surface area contributed by atoms with Crippen LogP contribution in [0.5, 0.6) is 0 Å². The summed E-state index contributed by atoms with van der Waals surface area (Å²) in [5.74, 6) is 3.32. The quantitative estimate of drug-likeness (QED) is 0.806. The summed E-state index contributed by atoms with van der Waals surface area (Å²) in [5.41, 5.74) is 5.95. The Labute approximate surface area is 168 Å². The van der Waals surface area contributed by atoms with E-state index in [0.29, 0.717) is 0 Å². The monoisotopic (exact) mass is 370 g/mol. The van der Waals surface area contributed by atoms with E-state index in [-0.39, 0.29) is 0 Å². The first-order valence-corrected chi connectivity index (χ1v) is 10.8. The molecule has 2 N–H and O–H groups in total. The fourth-order valence-corrected chi connectivity index (χ4v) is 5.29. The van der Waals surface area contributed by atoms with Gasteiger partial charge in [0.2, 0.25) is 0 Å². The van der Waals surface area contributed by atoms with Gasteiger partial charge in [-0.3, -0.25) is 0 Å². The predicted octanol–water partition coefficient (Wildman–Crippen LogP) is 4.62. The van der Waals surface area contributed by atoms with E-state index in [4.69, 9.17) is 0 Å².